The topological polar surface area (TPSA) is 26.3 Å². The first-order valence-electron chi connectivity index (χ1n) is 3.63. The fourth-order valence-corrected chi connectivity index (χ4v) is 0.588. The van der Waals surface area contributed by atoms with Gasteiger partial charge >= 0.3 is 5.97 Å². The van der Waals surface area contributed by atoms with Crippen molar-refractivity contribution in [2.75, 3.05) is 6.61 Å². The highest BCUT2D eigenvalue weighted by molar-refractivity contribution is 6.53. The Hall–Kier alpha value is 0.292. The maximum absolute atomic E-state index is 11.0. The van der Waals surface area contributed by atoms with Crippen LogP contribution in [0.25, 0.3) is 0 Å². The molecule has 2 radical (unpaired) electrons. The van der Waals surface area contributed by atoms with E-state index < -0.39 is 3.74 Å². The van der Waals surface area contributed by atoms with Crippen LogP contribution in [-0.2, 0) is 9.53 Å². The molecule has 4 heteroatoms. The predicted octanol–water partition coefficient (Wildman–Crippen LogP) is 1.45. The number of unbranched alkanes of at least 4 members (excludes halogenated alkanes) is 1. The number of esters is 1. The summed E-state index contributed by atoms with van der Waals surface area (Å²) < 4.78 is 3.89. The van der Waals surface area contributed by atoms with E-state index in [4.69, 9.17) is 16.3 Å². The number of alkyl halides is 1. The molecule has 0 aliphatic carbocycles. The van der Waals surface area contributed by atoms with Gasteiger partial charge in [-0.05, 0) is 6.42 Å². The molecule has 1 atom stereocenters. The molecule has 0 aromatic heterocycles. The van der Waals surface area contributed by atoms with E-state index >= 15 is 0 Å². The number of ether oxygens (including phenoxy) is 1. The standard InChI is InChI=1S/C7H12ClO2.Al/c1-3-4-5-10-7(9)6(2)8;/h3-5H2,1-2H3;. The number of carbonyl (C=O) groups is 1. The second kappa shape index (κ2) is 5.03. The summed E-state index contributed by atoms with van der Waals surface area (Å²) >= 11 is 7.88. The summed E-state index contributed by atoms with van der Waals surface area (Å²) in [7, 11) is 0. The van der Waals surface area contributed by atoms with E-state index in [1.54, 1.807) is 6.92 Å². The molecular weight excluding hydrogens is 179 g/mol. The molecule has 11 heavy (non-hydrogen) atoms. The second-order valence-corrected chi connectivity index (χ2v) is 4.87. The third-order valence-electron chi connectivity index (χ3n) is 1.13. The number of rotatable bonds is 4. The van der Waals surface area contributed by atoms with E-state index in [9.17, 15) is 4.79 Å². The van der Waals surface area contributed by atoms with Crippen molar-refractivity contribution in [2.45, 2.75) is 30.4 Å². The van der Waals surface area contributed by atoms with Crippen LogP contribution in [0, 0.1) is 0 Å². The van der Waals surface area contributed by atoms with E-state index in [0.717, 1.165) is 12.8 Å². The monoisotopic (exact) mass is 190 g/mol. The minimum Gasteiger partial charge on any atom is -0.465 e. The quantitative estimate of drug-likeness (QED) is 0.290. The molecule has 0 aromatic carbocycles. The number of hydrogen-bond acceptors (Lipinski definition) is 2. The van der Waals surface area contributed by atoms with Gasteiger partial charge in [0.2, 0.25) is 0 Å². The lowest BCUT2D eigenvalue weighted by Crippen LogP contribution is -2.31. The Morgan fingerprint density at radius 1 is 1.73 bits per heavy atom. The average molecular weight is 191 g/mol. The lowest BCUT2D eigenvalue weighted by molar-refractivity contribution is -0.144. The van der Waals surface area contributed by atoms with Gasteiger partial charge in [-0.25, -0.2) is 0 Å². The molecule has 0 bridgehead atoms. The summed E-state index contributed by atoms with van der Waals surface area (Å²) in [6.45, 7) is 4.09. The first-order valence-corrected chi connectivity index (χ1v) is 4.59. The summed E-state index contributed by atoms with van der Waals surface area (Å²) in [4.78, 5) is 11.0. The van der Waals surface area contributed by atoms with Crippen LogP contribution in [0.1, 0.15) is 26.7 Å². The molecule has 62 valence electrons. The normalized spacial score (nSPS) is 15.5. The van der Waals surface area contributed by atoms with Crippen LogP contribution in [-0.4, -0.2) is 32.6 Å². The molecule has 0 N–H and O–H groups in total. The predicted molar refractivity (Wildman–Crippen MR) is 45.9 cm³/mol. The molecule has 0 amide bonds. The van der Waals surface area contributed by atoms with Crippen LogP contribution in [0.2, 0.25) is 0 Å². The molecule has 0 saturated carbocycles. The summed E-state index contributed by atoms with van der Waals surface area (Å²) in [6.07, 6.45) is 1.91. The summed E-state index contributed by atoms with van der Waals surface area (Å²) in [6, 6.07) is 0. The van der Waals surface area contributed by atoms with Gasteiger partial charge in [-0.3, -0.25) is 4.79 Å². The first kappa shape index (κ1) is 11.3. The van der Waals surface area contributed by atoms with Gasteiger partial charge in [-0.1, -0.05) is 20.3 Å². The number of carbonyl (C=O) groups excluding carboxylic acids is 1. The zero-order valence-electron chi connectivity index (χ0n) is 6.89. The molecule has 0 fully saturated rings. The Bertz CT molecular complexity index is 131. The Morgan fingerprint density at radius 3 is 2.64 bits per heavy atom. The van der Waals surface area contributed by atoms with Crippen LogP contribution in [0.15, 0.2) is 0 Å². The molecule has 0 saturated heterocycles. The minimum absolute atomic E-state index is 0.377. The number of hydrogen-bond donors (Lipinski definition) is 0. The van der Waals surface area contributed by atoms with Gasteiger partial charge in [-0.15, -0.1) is 11.6 Å². The fraction of sp³-hybridized carbons (Fsp3) is 0.857. The van der Waals surface area contributed by atoms with Gasteiger partial charge in [0, 0.05) is 0 Å². The zero-order valence-corrected chi connectivity index (χ0v) is 8.80. The highest BCUT2D eigenvalue weighted by Crippen LogP contribution is 2.10. The van der Waals surface area contributed by atoms with Crippen molar-refractivity contribution in [3.05, 3.63) is 0 Å². The van der Waals surface area contributed by atoms with Crippen molar-refractivity contribution in [2.24, 2.45) is 0 Å². The third-order valence-corrected chi connectivity index (χ3v) is 1.52. The van der Waals surface area contributed by atoms with E-state index in [-0.39, 0.29) is 5.97 Å². The van der Waals surface area contributed by atoms with E-state index in [2.05, 4.69) is 16.3 Å². The molecule has 0 aromatic rings. The SMILES string of the molecule is CCCCOC(=O)[C@@](C)([Al])Cl. The highest BCUT2D eigenvalue weighted by Gasteiger charge is 2.23. The fourth-order valence-electron chi connectivity index (χ4n) is 0.450. The van der Waals surface area contributed by atoms with Crippen molar-refractivity contribution in [1.29, 1.82) is 0 Å². The lowest BCUT2D eigenvalue weighted by atomic mass is 10.4. The molecule has 2 nitrogen and oxygen atoms in total. The van der Waals surface area contributed by atoms with E-state index in [1.807, 2.05) is 6.92 Å². The highest BCUT2D eigenvalue weighted by atomic mass is 35.5. The Balaban J connectivity index is 3.54. The molecule has 0 unspecified atom stereocenters. The van der Waals surface area contributed by atoms with Crippen LogP contribution in [0.3, 0.4) is 0 Å². The van der Waals surface area contributed by atoms with Crippen molar-refractivity contribution < 1.29 is 9.53 Å². The Labute approximate surface area is 80.7 Å². The third kappa shape index (κ3) is 5.55. The maximum atomic E-state index is 11.0. The Morgan fingerprint density at radius 2 is 2.27 bits per heavy atom. The number of halogens is 1. The smallest absolute Gasteiger partial charge is 0.309 e. The zero-order chi connectivity index (χ0) is 8.91. The van der Waals surface area contributed by atoms with Gasteiger partial charge in [0.25, 0.3) is 0 Å². The van der Waals surface area contributed by atoms with Crippen LogP contribution in [0.5, 0.6) is 0 Å². The van der Waals surface area contributed by atoms with Crippen LogP contribution in [0.4, 0.5) is 0 Å². The largest absolute Gasteiger partial charge is 0.465 e. The molecule has 0 aliphatic rings. The van der Waals surface area contributed by atoms with Gasteiger partial charge in [-0.2, -0.15) is 0 Å². The van der Waals surface area contributed by atoms with Crippen LogP contribution >= 0.6 is 11.6 Å². The molecule has 0 spiro atoms. The Kier molecular flexibility index (Phi) is 5.16. The van der Waals surface area contributed by atoms with Gasteiger partial charge < -0.3 is 4.74 Å². The van der Waals surface area contributed by atoms with Gasteiger partial charge in [0.15, 0.2) is 16.3 Å². The maximum Gasteiger partial charge on any atom is 0.309 e. The van der Waals surface area contributed by atoms with E-state index in [1.165, 1.54) is 0 Å². The average Bonchev–Trinajstić information content (AvgIpc) is 1.86. The summed E-state index contributed by atoms with van der Waals surface area (Å²) in [5, 5.41) is 0. The van der Waals surface area contributed by atoms with Crippen molar-refractivity contribution >= 4 is 33.9 Å². The summed E-state index contributed by atoms with van der Waals surface area (Å²) in [5.74, 6) is -0.377. The van der Waals surface area contributed by atoms with Crippen molar-refractivity contribution in [3.63, 3.8) is 0 Å². The van der Waals surface area contributed by atoms with Crippen molar-refractivity contribution in [3.8, 4) is 0 Å². The van der Waals surface area contributed by atoms with E-state index in [0.29, 0.717) is 6.61 Å². The van der Waals surface area contributed by atoms with Crippen molar-refractivity contribution in [1.82, 2.24) is 0 Å². The molecule has 0 rings (SSSR count). The molecular formula is C7H12AlClO2. The lowest BCUT2D eigenvalue weighted by Gasteiger charge is -2.15. The molecule has 0 aliphatic heterocycles. The second-order valence-electron chi connectivity index (χ2n) is 2.57. The van der Waals surface area contributed by atoms with Gasteiger partial charge in [0.05, 0.1) is 10.3 Å². The minimum atomic E-state index is -0.965. The van der Waals surface area contributed by atoms with Crippen LogP contribution < -0.4 is 0 Å². The summed E-state index contributed by atoms with van der Waals surface area (Å²) in [5.41, 5.74) is 0. The molecule has 0 heterocycles. The van der Waals surface area contributed by atoms with Gasteiger partial charge in [0.1, 0.15) is 0 Å². The first-order chi connectivity index (χ1) is 4.98.